The fourth-order valence-corrected chi connectivity index (χ4v) is 4.29. The van der Waals surface area contributed by atoms with E-state index in [0.29, 0.717) is 11.8 Å². The molecule has 0 bridgehead atoms. The van der Waals surface area contributed by atoms with Gasteiger partial charge in [-0.05, 0) is 44.7 Å². The Hall–Kier alpha value is -0.940. The van der Waals surface area contributed by atoms with Crippen LogP contribution < -0.4 is 5.32 Å². The molecule has 2 heterocycles. The van der Waals surface area contributed by atoms with Gasteiger partial charge < -0.3 is 10.2 Å². The Bertz CT molecular complexity index is 506. The Kier molecular flexibility index (Phi) is 7.03. The molecule has 4 nitrogen and oxygen atoms in total. The fourth-order valence-electron chi connectivity index (χ4n) is 3.09. The van der Waals surface area contributed by atoms with Crippen LogP contribution in [0.3, 0.4) is 0 Å². The molecular weight excluding hydrogens is 306 g/mol. The summed E-state index contributed by atoms with van der Waals surface area (Å²) in [6.07, 6.45) is 4.95. The van der Waals surface area contributed by atoms with Gasteiger partial charge in [0.1, 0.15) is 4.88 Å². The lowest BCUT2D eigenvalue weighted by atomic mass is 10.1. The fraction of sp³-hybridized carbons (Fsp3) is 0.778. The molecular formula is C18H31N3OS. The summed E-state index contributed by atoms with van der Waals surface area (Å²) >= 11 is 1.55. The number of aromatic nitrogens is 1. The standard InChI is InChI=1S/C18H31N3OS/c1-13(2)10-16-20-15(4)17(23-16)18(22)19-11-14(3)12-21-8-6-5-7-9-21/h13-14H,5-12H2,1-4H3,(H,19,22). The summed E-state index contributed by atoms with van der Waals surface area (Å²) in [6.45, 7) is 12.8. The molecule has 5 heteroatoms. The summed E-state index contributed by atoms with van der Waals surface area (Å²) in [7, 11) is 0. The van der Waals surface area contributed by atoms with Gasteiger partial charge >= 0.3 is 0 Å². The van der Waals surface area contributed by atoms with Crippen molar-refractivity contribution in [2.75, 3.05) is 26.2 Å². The van der Waals surface area contributed by atoms with Crippen molar-refractivity contribution in [1.29, 1.82) is 0 Å². The SMILES string of the molecule is Cc1nc(CC(C)C)sc1C(=O)NCC(C)CN1CCCCC1. The van der Waals surface area contributed by atoms with Gasteiger partial charge in [-0.1, -0.05) is 27.2 Å². The first-order valence-electron chi connectivity index (χ1n) is 8.92. The van der Waals surface area contributed by atoms with E-state index in [-0.39, 0.29) is 5.91 Å². The maximum atomic E-state index is 12.4. The van der Waals surface area contributed by atoms with Gasteiger partial charge in [0, 0.05) is 19.5 Å². The number of amides is 1. The lowest BCUT2D eigenvalue weighted by molar-refractivity contribution is 0.0946. The Morgan fingerprint density at radius 1 is 1.26 bits per heavy atom. The zero-order valence-electron chi connectivity index (χ0n) is 15.0. The van der Waals surface area contributed by atoms with E-state index in [2.05, 4.69) is 36.0 Å². The normalized spacial score (nSPS) is 17.4. The second-order valence-corrected chi connectivity index (χ2v) is 8.38. The molecule has 0 saturated carbocycles. The number of likely N-dealkylation sites (tertiary alicyclic amines) is 1. The third-order valence-corrected chi connectivity index (χ3v) is 5.44. The molecule has 2 rings (SSSR count). The Morgan fingerprint density at radius 2 is 1.96 bits per heavy atom. The number of nitrogens with zero attached hydrogens (tertiary/aromatic N) is 2. The highest BCUT2D eigenvalue weighted by Gasteiger charge is 2.18. The van der Waals surface area contributed by atoms with Crippen LogP contribution in [0.5, 0.6) is 0 Å². The topological polar surface area (TPSA) is 45.2 Å². The average molecular weight is 338 g/mol. The lowest BCUT2D eigenvalue weighted by Gasteiger charge is -2.29. The van der Waals surface area contributed by atoms with E-state index in [1.165, 1.54) is 32.4 Å². The Balaban J connectivity index is 1.80. The van der Waals surface area contributed by atoms with Crippen LogP contribution in [0, 0.1) is 18.8 Å². The molecule has 1 aliphatic rings. The summed E-state index contributed by atoms with van der Waals surface area (Å²) in [6, 6.07) is 0. The van der Waals surface area contributed by atoms with Crippen LogP contribution in [0.1, 0.15) is 60.4 Å². The van der Waals surface area contributed by atoms with Crippen LogP contribution in [0.4, 0.5) is 0 Å². The molecule has 1 aromatic rings. The molecule has 1 aromatic heterocycles. The summed E-state index contributed by atoms with van der Waals surface area (Å²) in [5, 5.41) is 4.17. The highest BCUT2D eigenvalue weighted by molar-refractivity contribution is 7.13. The number of piperidine rings is 1. The molecule has 1 saturated heterocycles. The molecule has 1 amide bonds. The molecule has 130 valence electrons. The molecule has 0 aromatic carbocycles. The predicted molar refractivity (Wildman–Crippen MR) is 97.2 cm³/mol. The van der Waals surface area contributed by atoms with Crippen molar-refractivity contribution >= 4 is 17.2 Å². The van der Waals surface area contributed by atoms with Crippen molar-refractivity contribution in [3.63, 3.8) is 0 Å². The van der Waals surface area contributed by atoms with Crippen LogP contribution in [0.25, 0.3) is 0 Å². The first-order valence-corrected chi connectivity index (χ1v) is 9.74. The predicted octanol–water partition coefficient (Wildman–Crippen LogP) is 3.50. The van der Waals surface area contributed by atoms with Gasteiger partial charge in [-0.15, -0.1) is 11.3 Å². The molecule has 1 N–H and O–H groups in total. The van der Waals surface area contributed by atoms with Crippen molar-refractivity contribution < 1.29 is 4.79 Å². The highest BCUT2D eigenvalue weighted by atomic mass is 32.1. The number of hydrogen-bond donors (Lipinski definition) is 1. The number of carbonyl (C=O) groups is 1. The zero-order chi connectivity index (χ0) is 16.8. The van der Waals surface area contributed by atoms with Gasteiger partial charge in [0.15, 0.2) is 0 Å². The largest absolute Gasteiger partial charge is 0.351 e. The van der Waals surface area contributed by atoms with Crippen molar-refractivity contribution in [2.45, 2.75) is 53.4 Å². The van der Waals surface area contributed by atoms with Gasteiger partial charge in [0.05, 0.1) is 10.7 Å². The average Bonchev–Trinajstić information content (AvgIpc) is 2.85. The molecule has 1 fully saturated rings. The first-order chi connectivity index (χ1) is 11.0. The Labute approximate surface area is 144 Å². The second-order valence-electron chi connectivity index (χ2n) is 7.30. The van der Waals surface area contributed by atoms with Gasteiger partial charge in [0.25, 0.3) is 5.91 Å². The maximum absolute atomic E-state index is 12.4. The molecule has 1 aliphatic heterocycles. The quantitative estimate of drug-likeness (QED) is 0.828. The van der Waals surface area contributed by atoms with E-state index < -0.39 is 0 Å². The van der Waals surface area contributed by atoms with Crippen molar-refractivity contribution in [1.82, 2.24) is 15.2 Å². The summed E-state index contributed by atoms with van der Waals surface area (Å²) in [5.41, 5.74) is 0.867. The third-order valence-electron chi connectivity index (χ3n) is 4.26. The minimum atomic E-state index is 0.0421. The third kappa shape index (κ3) is 5.88. The lowest BCUT2D eigenvalue weighted by Crippen LogP contribution is -2.38. The molecule has 1 unspecified atom stereocenters. The van der Waals surface area contributed by atoms with E-state index in [1.54, 1.807) is 11.3 Å². The summed E-state index contributed by atoms with van der Waals surface area (Å²) in [5.74, 6) is 1.10. The van der Waals surface area contributed by atoms with Gasteiger partial charge in [-0.2, -0.15) is 0 Å². The van der Waals surface area contributed by atoms with Crippen LogP contribution >= 0.6 is 11.3 Å². The molecule has 1 atom stereocenters. The van der Waals surface area contributed by atoms with E-state index in [9.17, 15) is 4.79 Å². The van der Waals surface area contributed by atoms with Crippen molar-refractivity contribution in [3.8, 4) is 0 Å². The smallest absolute Gasteiger partial charge is 0.263 e. The molecule has 0 aliphatic carbocycles. The Morgan fingerprint density at radius 3 is 2.61 bits per heavy atom. The van der Waals surface area contributed by atoms with Gasteiger partial charge in [0.2, 0.25) is 0 Å². The molecule has 0 spiro atoms. The van der Waals surface area contributed by atoms with E-state index in [1.807, 2.05) is 6.92 Å². The number of carbonyl (C=O) groups excluding carboxylic acids is 1. The van der Waals surface area contributed by atoms with Crippen LogP contribution in [0.15, 0.2) is 0 Å². The minimum Gasteiger partial charge on any atom is -0.351 e. The number of nitrogens with one attached hydrogen (secondary N) is 1. The number of thiazole rings is 1. The molecule has 23 heavy (non-hydrogen) atoms. The minimum absolute atomic E-state index is 0.0421. The monoisotopic (exact) mass is 337 g/mol. The number of hydrogen-bond acceptors (Lipinski definition) is 4. The first kappa shape index (κ1) is 18.4. The van der Waals surface area contributed by atoms with Crippen LogP contribution in [-0.2, 0) is 6.42 Å². The number of rotatable bonds is 7. The summed E-state index contributed by atoms with van der Waals surface area (Å²) < 4.78 is 0. The van der Waals surface area contributed by atoms with Crippen molar-refractivity contribution in [2.24, 2.45) is 11.8 Å². The van der Waals surface area contributed by atoms with Crippen LogP contribution in [0.2, 0.25) is 0 Å². The van der Waals surface area contributed by atoms with E-state index in [4.69, 9.17) is 0 Å². The zero-order valence-corrected chi connectivity index (χ0v) is 15.8. The summed E-state index contributed by atoms with van der Waals surface area (Å²) in [4.78, 5) is 20.3. The van der Waals surface area contributed by atoms with Gasteiger partial charge in [-0.3, -0.25) is 4.79 Å². The second kappa shape index (κ2) is 8.78. The highest BCUT2D eigenvalue weighted by Crippen LogP contribution is 2.20. The van der Waals surface area contributed by atoms with E-state index >= 15 is 0 Å². The van der Waals surface area contributed by atoms with Crippen LogP contribution in [-0.4, -0.2) is 42.0 Å². The maximum Gasteiger partial charge on any atom is 0.263 e. The molecule has 0 radical (unpaired) electrons. The van der Waals surface area contributed by atoms with Gasteiger partial charge in [-0.25, -0.2) is 4.98 Å². The van der Waals surface area contributed by atoms with E-state index in [0.717, 1.165) is 35.1 Å². The van der Waals surface area contributed by atoms with Crippen molar-refractivity contribution in [3.05, 3.63) is 15.6 Å². The number of aryl methyl sites for hydroxylation is 1.